The van der Waals surface area contributed by atoms with Crippen molar-refractivity contribution in [3.8, 4) is 5.75 Å². The van der Waals surface area contributed by atoms with Crippen LogP contribution in [0.15, 0.2) is 36.8 Å². The minimum atomic E-state index is -1.20. The molecule has 8 N–H and O–H groups in total. The van der Waals surface area contributed by atoms with Gasteiger partial charge in [-0.2, -0.15) is 12.6 Å². The number of benzene rings is 1. The Bertz CT molecular complexity index is 1030. The number of hydrogen-bond donors (Lipinski definition) is 8. The third-order valence-corrected chi connectivity index (χ3v) is 5.75. The molecule has 0 aliphatic carbocycles. The van der Waals surface area contributed by atoms with Gasteiger partial charge in [0.1, 0.15) is 23.9 Å². The van der Waals surface area contributed by atoms with Crippen LogP contribution in [-0.2, 0) is 32.0 Å². The SMILES string of the molecule is CC(C)C(NC(=O)C(Cc1cnc[nH]1)NC(=O)C(CS)NC(=O)C(N)Cc1ccc(O)cc1)C(=O)O. The fourth-order valence-electron chi connectivity index (χ4n) is 3.32. The molecule has 0 aliphatic heterocycles. The molecule has 196 valence electrons. The molecule has 0 radical (unpaired) electrons. The third-order valence-electron chi connectivity index (χ3n) is 5.39. The first kappa shape index (κ1) is 28.7. The van der Waals surface area contributed by atoms with Gasteiger partial charge in [-0.1, -0.05) is 26.0 Å². The number of carbonyl (C=O) groups excluding carboxylic acids is 3. The fraction of sp³-hybridized carbons (Fsp3) is 0.435. The Labute approximate surface area is 213 Å². The number of nitrogens with zero attached hydrogens (tertiary/aromatic N) is 1. The summed E-state index contributed by atoms with van der Waals surface area (Å²) < 4.78 is 0. The molecule has 4 atom stereocenters. The van der Waals surface area contributed by atoms with Crippen molar-refractivity contribution in [3.05, 3.63) is 48.0 Å². The number of H-pyrrole nitrogens is 1. The maximum Gasteiger partial charge on any atom is 0.326 e. The number of thiol groups is 1. The number of carboxylic acid groups (broad SMARTS) is 1. The number of carboxylic acids is 1. The van der Waals surface area contributed by atoms with E-state index in [1.165, 1.54) is 24.7 Å². The van der Waals surface area contributed by atoms with Crippen LogP contribution in [0, 0.1) is 5.92 Å². The number of carbonyl (C=O) groups is 4. The summed E-state index contributed by atoms with van der Waals surface area (Å²) in [6.07, 6.45) is 3.07. The van der Waals surface area contributed by atoms with E-state index in [2.05, 4.69) is 38.5 Å². The van der Waals surface area contributed by atoms with Crippen LogP contribution >= 0.6 is 12.6 Å². The Morgan fingerprint density at radius 2 is 1.61 bits per heavy atom. The maximum atomic E-state index is 13.0. The zero-order valence-corrected chi connectivity index (χ0v) is 20.9. The molecule has 0 bridgehead atoms. The molecule has 0 fully saturated rings. The lowest BCUT2D eigenvalue weighted by Gasteiger charge is -2.25. The van der Waals surface area contributed by atoms with Gasteiger partial charge in [-0.05, 0) is 30.0 Å². The summed E-state index contributed by atoms with van der Waals surface area (Å²) in [7, 11) is 0. The van der Waals surface area contributed by atoms with Gasteiger partial charge in [0.15, 0.2) is 0 Å². The monoisotopic (exact) mass is 520 g/mol. The molecule has 2 aromatic rings. The lowest BCUT2D eigenvalue weighted by molar-refractivity contribution is -0.143. The summed E-state index contributed by atoms with van der Waals surface area (Å²) in [6, 6.07) is 1.82. The lowest BCUT2D eigenvalue weighted by Crippen LogP contribution is -2.58. The number of amides is 3. The number of imidazole rings is 1. The number of phenols is 1. The average Bonchev–Trinajstić information content (AvgIpc) is 3.34. The molecule has 2 rings (SSSR count). The van der Waals surface area contributed by atoms with Crippen LogP contribution in [0.25, 0.3) is 0 Å². The van der Waals surface area contributed by atoms with E-state index in [4.69, 9.17) is 5.73 Å². The first-order valence-corrected chi connectivity index (χ1v) is 11.9. The highest BCUT2D eigenvalue weighted by Crippen LogP contribution is 2.11. The Kier molecular flexibility index (Phi) is 10.7. The highest BCUT2D eigenvalue weighted by molar-refractivity contribution is 7.80. The summed E-state index contributed by atoms with van der Waals surface area (Å²) in [4.78, 5) is 56.7. The second-order valence-corrected chi connectivity index (χ2v) is 9.00. The molecule has 3 amide bonds. The van der Waals surface area contributed by atoms with Crippen molar-refractivity contribution in [2.24, 2.45) is 11.7 Å². The van der Waals surface area contributed by atoms with Crippen molar-refractivity contribution < 1.29 is 29.4 Å². The van der Waals surface area contributed by atoms with Crippen LogP contribution in [0.3, 0.4) is 0 Å². The van der Waals surface area contributed by atoms with Gasteiger partial charge in [0, 0.05) is 24.1 Å². The van der Waals surface area contributed by atoms with E-state index in [0.29, 0.717) is 5.69 Å². The Morgan fingerprint density at radius 1 is 1.00 bits per heavy atom. The second-order valence-electron chi connectivity index (χ2n) is 8.63. The number of aliphatic carboxylic acids is 1. The van der Waals surface area contributed by atoms with Crippen molar-refractivity contribution in [3.63, 3.8) is 0 Å². The number of aromatic hydroxyl groups is 1. The smallest absolute Gasteiger partial charge is 0.326 e. The maximum absolute atomic E-state index is 13.0. The predicted octanol–water partition coefficient (Wildman–Crippen LogP) is -0.647. The van der Waals surface area contributed by atoms with Gasteiger partial charge >= 0.3 is 5.97 Å². The molecule has 1 heterocycles. The van der Waals surface area contributed by atoms with Crippen molar-refractivity contribution in [2.45, 2.75) is 50.9 Å². The molecule has 0 aliphatic rings. The summed E-state index contributed by atoms with van der Waals surface area (Å²) in [6.45, 7) is 3.30. The summed E-state index contributed by atoms with van der Waals surface area (Å²) in [5.74, 6) is -3.58. The summed E-state index contributed by atoms with van der Waals surface area (Å²) >= 11 is 4.14. The Morgan fingerprint density at radius 3 is 2.14 bits per heavy atom. The standard InChI is InChI=1S/C23H32N6O6S/c1-12(2)19(23(34)35)29-21(32)17(8-14-9-25-11-26-14)27-22(33)18(10-36)28-20(31)16(24)7-13-3-5-15(30)6-4-13/h3-6,9,11-12,16-19,30,36H,7-8,10,24H2,1-2H3,(H,25,26)(H,27,33)(H,28,31)(H,29,32)(H,34,35). The quantitative estimate of drug-likeness (QED) is 0.159. The van der Waals surface area contributed by atoms with Gasteiger partial charge in [0.2, 0.25) is 17.7 Å². The normalized spacial score (nSPS) is 14.4. The van der Waals surface area contributed by atoms with Crippen molar-refractivity contribution in [1.82, 2.24) is 25.9 Å². The number of nitrogens with two attached hydrogens (primary N) is 1. The zero-order chi connectivity index (χ0) is 26.8. The molecule has 36 heavy (non-hydrogen) atoms. The van der Waals surface area contributed by atoms with Gasteiger partial charge in [-0.15, -0.1) is 0 Å². The topological polar surface area (TPSA) is 200 Å². The number of hydrogen-bond acceptors (Lipinski definition) is 8. The number of aromatic amines is 1. The molecular formula is C23H32N6O6S. The van der Waals surface area contributed by atoms with Gasteiger partial charge in [0.05, 0.1) is 12.4 Å². The zero-order valence-electron chi connectivity index (χ0n) is 20.0. The molecule has 4 unspecified atom stereocenters. The van der Waals surface area contributed by atoms with E-state index >= 15 is 0 Å². The predicted molar refractivity (Wildman–Crippen MR) is 134 cm³/mol. The molecule has 1 aromatic heterocycles. The van der Waals surface area contributed by atoms with E-state index in [1.807, 2.05) is 0 Å². The molecule has 13 heteroatoms. The van der Waals surface area contributed by atoms with Crippen LogP contribution in [-0.4, -0.2) is 73.8 Å². The number of rotatable bonds is 13. The molecule has 0 saturated heterocycles. The summed E-state index contributed by atoms with van der Waals surface area (Å²) in [5, 5.41) is 26.3. The van der Waals surface area contributed by atoms with Gasteiger partial charge in [0.25, 0.3) is 0 Å². The van der Waals surface area contributed by atoms with Crippen molar-refractivity contribution in [1.29, 1.82) is 0 Å². The van der Waals surface area contributed by atoms with Crippen LogP contribution in [0.5, 0.6) is 5.75 Å². The lowest BCUT2D eigenvalue weighted by atomic mass is 10.0. The summed E-state index contributed by atoms with van der Waals surface area (Å²) in [5.41, 5.74) is 7.24. The van der Waals surface area contributed by atoms with E-state index in [0.717, 1.165) is 5.56 Å². The average molecular weight is 521 g/mol. The molecule has 1 aromatic carbocycles. The minimum Gasteiger partial charge on any atom is -0.508 e. The number of phenolic OH excluding ortho intramolecular Hbond substituents is 1. The fourth-order valence-corrected chi connectivity index (χ4v) is 3.57. The first-order valence-electron chi connectivity index (χ1n) is 11.3. The third kappa shape index (κ3) is 8.57. The molecule has 0 spiro atoms. The Balaban J connectivity index is 2.08. The van der Waals surface area contributed by atoms with Crippen molar-refractivity contribution in [2.75, 3.05) is 5.75 Å². The van der Waals surface area contributed by atoms with E-state index in [-0.39, 0.29) is 24.3 Å². The van der Waals surface area contributed by atoms with E-state index in [9.17, 15) is 29.4 Å². The van der Waals surface area contributed by atoms with Crippen LogP contribution in [0.2, 0.25) is 0 Å². The van der Waals surface area contributed by atoms with E-state index in [1.54, 1.807) is 26.0 Å². The largest absolute Gasteiger partial charge is 0.508 e. The van der Waals surface area contributed by atoms with Gasteiger partial charge < -0.3 is 36.9 Å². The van der Waals surface area contributed by atoms with Crippen LogP contribution in [0.1, 0.15) is 25.1 Å². The highest BCUT2D eigenvalue weighted by Gasteiger charge is 2.31. The Hall–Kier alpha value is -3.58. The van der Waals surface area contributed by atoms with Gasteiger partial charge in [-0.25, -0.2) is 9.78 Å². The van der Waals surface area contributed by atoms with Crippen LogP contribution < -0.4 is 21.7 Å². The second kappa shape index (κ2) is 13.5. The van der Waals surface area contributed by atoms with Crippen molar-refractivity contribution >= 4 is 36.3 Å². The van der Waals surface area contributed by atoms with Gasteiger partial charge in [-0.3, -0.25) is 14.4 Å². The minimum absolute atomic E-state index is 0.00954. The number of aromatic nitrogens is 2. The first-order chi connectivity index (χ1) is 17.0. The van der Waals surface area contributed by atoms with Crippen LogP contribution in [0.4, 0.5) is 0 Å². The highest BCUT2D eigenvalue weighted by atomic mass is 32.1. The molecule has 12 nitrogen and oxygen atoms in total. The number of nitrogens with one attached hydrogen (secondary N) is 4. The molecular weight excluding hydrogens is 488 g/mol. The molecule has 0 saturated carbocycles. The van der Waals surface area contributed by atoms with E-state index < -0.39 is 53.8 Å².